The van der Waals surface area contributed by atoms with Gasteiger partial charge in [0.15, 0.2) is 0 Å². The van der Waals surface area contributed by atoms with Crippen LogP contribution in [0.4, 0.5) is 16.2 Å². The lowest BCUT2D eigenvalue weighted by atomic mass is 10.1. The van der Waals surface area contributed by atoms with Crippen molar-refractivity contribution < 1.29 is 14.7 Å². The molecule has 1 aliphatic rings. The fraction of sp³-hybridized carbons (Fsp3) is 0.263. The van der Waals surface area contributed by atoms with Crippen molar-refractivity contribution in [2.75, 3.05) is 29.9 Å². The van der Waals surface area contributed by atoms with Crippen molar-refractivity contribution in [3.8, 4) is 0 Å². The number of amides is 3. The summed E-state index contributed by atoms with van der Waals surface area (Å²) >= 11 is 0. The summed E-state index contributed by atoms with van der Waals surface area (Å²) < 4.78 is 0. The van der Waals surface area contributed by atoms with Crippen LogP contribution >= 0.6 is 0 Å². The Kier molecular flexibility index (Phi) is 5.30. The molecule has 0 bridgehead atoms. The van der Waals surface area contributed by atoms with Crippen LogP contribution in [0.3, 0.4) is 0 Å². The molecule has 6 heteroatoms. The highest BCUT2D eigenvalue weighted by molar-refractivity contribution is 5.96. The minimum atomic E-state index is -0.369. The molecule has 0 atom stereocenters. The first-order valence-electron chi connectivity index (χ1n) is 8.30. The Morgan fingerprint density at radius 2 is 1.84 bits per heavy atom. The quantitative estimate of drug-likeness (QED) is 0.778. The molecule has 2 aromatic carbocycles. The van der Waals surface area contributed by atoms with Crippen LogP contribution in [0.25, 0.3) is 0 Å². The van der Waals surface area contributed by atoms with Crippen LogP contribution in [-0.2, 0) is 17.6 Å². The smallest absolute Gasteiger partial charge is 0.319 e. The Morgan fingerprint density at radius 1 is 1.08 bits per heavy atom. The molecule has 2 aromatic rings. The highest BCUT2D eigenvalue weighted by atomic mass is 16.3. The second-order valence-electron chi connectivity index (χ2n) is 5.90. The van der Waals surface area contributed by atoms with E-state index in [1.807, 2.05) is 35.2 Å². The molecule has 3 N–H and O–H groups in total. The number of rotatable bonds is 5. The summed E-state index contributed by atoms with van der Waals surface area (Å²) in [5, 5.41) is 13.9. The maximum atomic E-state index is 12.6. The van der Waals surface area contributed by atoms with Crippen molar-refractivity contribution in [1.82, 2.24) is 5.32 Å². The first kappa shape index (κ1) is 17.0. The van der Waals surface area contributed by atoms with Gasteiger partial charge in [-0.3, -0.25) is 4.79 Å². The zero-order chi connectivity index (χ0) is 17.6. The fourth-order valence-electron chi connectivity index (χ4n) is 2.92. The number of urea groups is 1. The number of fused-ring (bicyclic) bond motifs is 1. The largest absolute Gasteiger partial charge is 0.395 e. The van der Waals surface area contributed by atoms with Gasteiger partial charge < -0.3 is 20.6 Å². The fourth-order valence-corrected chi connectivity index (χ4v) is 2.92. The van der Waals surface area contributed by atoms with Crippen molar-refractivity contribution in [3.63, 3.8) is 0 Å². The summed E-state index contributed by atoms with van der Waals surface area (Å²) in [4.78, 5) is 25.9. The van der Waals surface area contributed by atoms with E-state index in [0.29, 0.717) is 12.1 Å². The van der Waals surface area contributed by atoms with Crippen LogP contribution in [-0.4, -0.2) is 36.7 Å². The first-order chi connectivity index (χ1) is 12.2. The van der Waals surface area contributed by atoms with Crippen molar-refractivity contribution in [3.05, 3.63) is 59.7 Å². The number of nitrogens with one attached hydrogen (secondary N) is 2. The standard InChI is InChI=1S/C19H21N3O3/c23-12-10-20-19(25)21-16-7-5-14(6-8-16)13-18(24)22-11-9-15-3-1-2-4-17(15)22/h1-8,23H,9-13H2,(H2,20,21,25). The van der Waals surface area contributed by atoms with E-state index in [2.05, 4.69) is 16.7 Å². The summed E-state index contributed by atoms with van der Waals surface area (Å²) in [6.07, 6.45) is 1.22. The molecule has 1 heterocycles. The Bertz CT molecular complexity index is 759. The predicted octanol–water partition coefficient (Wildman–Crippen LogP) is 1.93. The maximum absolute atomic E-state index is 12.6. The van der Waals surface area contributed by atoms with Crippen LogP contribution < -0.4 is 15.5 Å². The second kappa shape index (κ2) is 7.81. The summed E-state index contributed by atoms with van der Waals surface area (Å²) in [7, 11) is 0. The Morgan fingerprint density at radius 3 is 2.60 bits per heavy atom. The van der Waals surface area contributed by atoms with Crippen molar-refractivity contribution >= 4 is 23.3 Å². The summed E-state index contributed by atoms with van der Waals surface area (Å²) in [5.74, 6) is 0.0753. The number of carbonyl (C=O) groups is 2. The van der Waals surface area contributed by atoms with E-state index in [1.54, 1.807) is 12.1 Å². The number of nitrogens with zero attached hydrogens (tertiary/aromatic N) is 1. The maximum Gasteiger partial charge on any atom is 0.319 e. The Hall–Kier alpha value is -2.86. The Labute approximate surface area is 146 Å². The second-order valence-corrected chi connectivity index (χ2v) is 5.90. The number of aliphatic hydroxyl groups is 1. The molecule has 0 saturated heterocycles. The molecule has 0 fully saturated rings. The molecule has 130 valence electrons. The van der Waals surface area contributed by atoms with Gasteiger partial charge in [0.05, 0.1) is 13.0 Å². The summed E-state index contributed by atoms with van der Waals surface area (Å²) in [6, 6.07) is 14.8. The molecule has 0 radical (unpaired) electrons. The van der Waals surface area contributed by atoms with E-state index in [9.17, 15) is 9.59 Å². The lowest BCUT2D eigenvalue weighted by Crippen LogP contribution is -2.31. The Balaban J connectivity index is 1.58. The van der Waals surface area contributed by atoms with E-state index < -0.39 is 0 Å². The summed E-state index contributed by atoms with van der Waals surface area (Å²) in [5.41, 5.74) is 3.75. The molecule has 3 rings (SSSR count). The van der Waals surface area contributed by atoms with Gasteiger partial charge in [0.1, 0.15) is 0 Å². The van der Waals surface area contributed by atoms with Crippen LogP contribution in [0.2, 0.25) is 0 Å². The third kappa shape index (κ3) is 4.16. The van der Waals surface area contributed by atoms with E-state index in [0.717, 1.165) is 24.2 Å². The number of aliphatic hydroxyl groups excluding tert-OH is 1. The lowest BCUT2D eigenvalue weighted by molar-refractivity contribution is -0.117. The van der Waals surface area contributed by atoms with Gasteiger partial charge in [-0.25, -0.2) is 4.79 Å². The number of benzene rings is 2. The minimum absolute atomic E-state index is 0.0753. The molecule has 6 nitrogen and oxygen atoms in total. The average Bonchev–Trinajstić information content (AvgIpc) is 3.06. The molecule has 3 amide bonds. The molecular weight excluding hydrogens is 318 g/mol. The van der Waals surface area contributed by atoms with Gasteiger partial charge in [0.25, 0.3) is 0 Å². The normalized spacial score (nSPS) is 12.6. The number of anilines is 2. The molecule has 0 saturated carbocycles. The van der Waals surface area contributed by atoms with Crippen molar-refractivity contribution in [2.24, 2.45) is 0 Å². The van der Waals surface area contributed by atoms with Gasteiger partial charge >= 0.3 is 6.03 Å². The third-order valence-corrected chi connectivity index (χ3v) is 4.15. The van der Waals surface area contributed by atoms with Gasteiger partial charge in [-0.2, -0.15) is 0 Å². The average molecular weight is 339 g/mol. The zero-order valence-corrected chi connectivity index (χ0v) is 13.9. The van der Waals surface area contributed by atoms with Crippen molar-refractivity contribution in [2.45, 2.75) is 12.8 Å². The van der Waals surface area contributed by atoms with Gasteiger partial charge in [-0.1, -0.05) is 30.3 Å². The molecule has 0 aliphatic carbocycles. The minimum Gasteiger partial charge on any atom is -0.395 e. The molecule has 0 unspecified atom stereocenters. The van der Waals surface area contributed by atoms with E-state index in [4.69, 9.17) is 5.11 Å². The zero-order valence-electron chi connectivity index (χ0n) is 13.9. The number of hydrogen-bond donors (Lipinski definition) is 3. The monoisotopic (exact) mass is 339 g/mol. The molecule has 1 aliphatic heterocycles. The number of hydrogen-bond acceptors (Lipinski definition) is 3. The first-order valence-corrected chi connectivity index (χ1v) is 8.30. The predicted molar refractivity (Wildman–Crippen MR) is 96.8 cm³/mol. The highest BCUT2D eigenvalue weighted by Gasteiger charge is 2.23. The van der Waals surface area contributed by atoms with Crippen LogP contribution in [0.5, 0.6) is 0 Å². The number of carbonyl (C=O) groups excluding carboxylic acids is 2. The van der Waals surface area contributed by atoms with Gasteiger partial charge in [-0.05, 0) is 35.7 Å². The molecule has 0 aromatic heterocycles. The van der Waals surface area contributed by atoms with Gasteiger partial charge in [0, 0.05) is 24.5 Å². The molecule has 25 heavy (non-hydrogen) atoms. The number of para-hydroxylation sites is 1. The van der Waals surface area contributed by atoms with Gasteiger partial charge in [-0.15, -0.1) is 0 Å². The van der Waals surface area contributed by atoms with Crippen molar-refractivity contribution in [1.29, 1.82) is 0 Å². The van der Waals surface area contributed by atoms with Crippen LogP contribution in [0.1, 0.15) is 11.1 Å². The SMILES string of the molecule is O=C(NCCO)Nc1ccc(CC(=O)N2CCc3ccccc32)cc1. The van der Waals surface area contributed by atoms with E-state index in [1.165, 1.54) is 5.56 Å². The van der Waals surface area contributed by atoms with Gasteiger partial charge in [0.2, 0.25) is 5.91 Å². The topological polar surface area (TPSA) is 81.7 Å². The third-order valence-electron chi connectivity index (χ3n) is 4.15. The lowest BCUT2D eigenvalue weighted by Gasteiger charge is -2.17. The van der Waals surface area contributed by atoms with Crippen LogP contribution in [0.15, 0.2) is 48.5 Å². The summed E-state index contributed by atoms with van der Waals surface area (Å²) in [6.45, 7) is 0.826. The van der Waals surface area contributed by atoms with Crippen LogP contribution in [0, 0.1) is 0 Å². The van der Waals surface area contributed by atoms with E-state index in [-0.39, 0.29) is 25.1 Å². The molecular formula is C19H21N3O3. The highest BCUT2D eigenvalue weighted by Crippen LogP contribution is 2.28. The van der Waals surface area contributed by atoms with E-state index >= 15 is 0 Å². The molecule has 0 spiro atoms.